The monoisotopic (exact) mass is 433 g/mol. The van der Waals surface area contributed by atoms with E-state index in [2.05, 4.69) is 17.6 Å². The van der Waals surface area contributed by atoms with Crippen molar-refractivity contribution in [2.75, 3.05) is 10.2 Å². The number of rotatable bonds is 5. The second kappa shape index (κ2) is 7.53. The first kappa shape index (κ1) is 20.8. The molecule has 7 heteroatoms. The number of fused-ring (bicyclic) bond motifs is 4. The molecule has 0 radical (unpaired) electrons. The van der Waals surface area contributed by atoms with E-state index in [-0.39, 0.29) is 11.8 Å². The minimum absolute atomic E-state index is 0.366. The molecule has 5 atom stereocenters. The lowest BCUT2D eigenvalue weighted by molar-refractivity contribution is -0.130. The largest absolute Gasteiger partial charge is 0.392 e. The van der Waals surface area contributed by atoms with Crippen molar-refractivity contribution in [3.05, 3.63) is 59.7 Å². The Bertz CT molecular complexity index is 1100. The number of hydrogen-bond acceptors (Lipinski definition) is 5. The molecule has 166 valence electrons. The molecule has 0 aliphatic carbocycles. The van der Waals surface area contributed by atoms with Gasteiger partial charge in [0, 0.05) is 17.3 Å². The molecule has 3 heterocycles. The number of hydrogen-bond donors (Lipinski definition) is 3. The van der Waals surface area contributed by atoms with Crippen LogP contribution in [0, 0.1) is 11.8 Å². The first-order valence-electron chi connectivity index (χ1n) is 11.2. The molecule has 7 nitrogen and oxygen atoms in total. The summed E-state index contributed by atoms with van der Waals surface area (Å²) in [6, 6.07) is 13.9. The van der Waals surface area contributed by atoms with Gasteiger partial charge in [-0.05, 0) is 43.5 Å². The average Bonchev–Trinajstić information content (AvgIpc) is 3.38. The van der Waals surface area contributed by atoms with E-state index < -0.39 is 35.4 Å². The molecule has 1 unspecified atom stereocenters. The van der Waals surface area contributed by atoms with Gasteiger partial charge in [-0.3, -0.25) is 19.7 Å². The summed E-state index contributed by atoms with van der Waals surface area (Å²) in [5.41, 5.74) is 1.53. The quantitative estimate of drug-likeness (QED) is 0.629. The summed E-state index contributed by atoms with van der Waals surface area (Å²) in [4.78, 5) is 41.8. The van der Waals surface area contributed by atoms with Crippen molar-refractivity contribution in [3.63, 3.8) is 0 Å². The van der Waals surface area contributed by atoms with Crippen LogP contribution in [0.2, 0.25) is 0 Å². The van der Waals surface area contributed by atoms with Crippen LogP contribution in [0.15, 0.2) is 48.5 Å². The molecule has 3 N–H and O–H groups in total. The van der Waals surface area contributed by atoms with E-state index in [1.807, 2.05) is 18.2 Å². The average molecular weight is 434 g/mol. The fraction of sp³-hybridized carbons (Fsp3) is 0.400. The molecule has 3 aliphatic heterocycles. The van der Waals surface area contributed by atoms with Gasteiger partial charge in [0.2, 0.25) is 17.7 Å². The number of nitrogens with zero attached hydrogens (tertiary/aromatic N) is 1. The molecule has 3 aliphatic rings. The van der Waals surface area contributed by atoms with Gasteiger partial charge in [-0.2, -0.15) is 0 Å². The zero-order chi connectivity index (χ0) is 22.6. The van der Waals surface area contributed by atoms with Crippen molar-refractivity contribution < 1.29 is 19.5 Å². The van der Waals surface area contributed by atoms with Gasteiger partial charge in [0.25, 0.3) is 0 Å². The number of carbonyl (C=O) groups is 3. The summed E-state index contributed by atoms with van der Waals surface area (Å²) >= 11 is 0. The molecule has 32 heavy (non-hydrogen) atoms. The second-order valence-electron chi connectivity index (χ2n) is 9.00. The van der Waals surface area contributed by atoms with Crippen LogP contribution < -0.4 is 15.5 Å². The number of nitrogens with one attached hydrogen (secondary N) is 2. The van der Waals surface area contributed by atoms with Crippen LogP contribution in [0.25, 0.3) is 0 Å². The van der Waals surface area contributed by atoms with E-state index in [9.17, 15) is 19.5 Å². The molecule has 2 aromatic rings. The Morgan fingerprint density at radius 1 is 1.06 bits per heavy atom. The number of benzene rings is 2. The van der Waals surface area contributed by atoms with E-state index >= 15 is 0 Å². The number of amides is 3. The molecular formula is C25H27N3O4. The highest BCUT2D eigenvalue weighted by atomic mass is 16.3. The molecule has 2 fully saturated rings. The van der Waals surface area contributed by atoms with Crippen LogP contribution in [-0.2, 0) is 26.3 Å². The fourth-order valence-corrected chi connectivity index (χ4v) is 5.55. The van der Waals surface area contributed by atoms with E-state index in [1.54, 1.807) is 37.3 Å². The van der Waals surface area contributed by atoms with Gasteiger partial charge in [0.05, 0.1) is 23.6 Å². The third-order valence-corrected chi connectivity index (χ3v) is 7.09. The Kier molecular flexibility index (Phi) is 4.91. The van der Waals surface area contributed by atoms with Gasteiger partial charge in [-0.15, -0.1) is 0 Å². The van der Waals surface area contributed by atoms with Crippen LogP contribution in [-0.4, -0.2) is 35.0 Å². The van der Waals surface area contributed by atoms with E-state index in [1.165, 1.54) is 4.90 Å². The highest BCUT2D eigenvalue weighted by Gasteiger charge is 2.71. The lowest BCUT2D eigenvalue weighted by atomic mass is 9.76. The number of para-hydroxylation sites is 1. The van der Waals surface area contributed by atoms with Crippen LogP contribution in [0.1, 0.15) is 37.8 Å². The Morgan fingerprint density at radius 2 is 1.78 bits per heavy atom. The van der Waals surface area contributed by atoms with Gasteiger partial charge < -0.3 is 10.4 Å². The highest BCUT2D eigenvalue weighted by molar-refractivity contribution is 6.25. The van der Waals surface area contributed by atoms with Crippen molar-refractivity contribution >= 4 is 29.1 Å². The van der Waals surface area contributed by atoms with Crippen molar-refractivity contribution in [2.24, 2.45) is 11.8 Å². The van der Waals surface area contributed by atoms with Crippen LogP contribution in [0.3, 0.4) is 0 Å². The minimum atomic E-state index is -1.38. The van der Waals surface area contributed by atoms with Gasteiger partial charge in [0.15, 0.2) is 0 Å². The lowest BCUT2D eigenvalue weighted by Crippen LogP contribution is -2.54. The number of aliphatic hydroxyl groups excluding tert-OH is 1. The number of aliphatic hydroxyl groups is 1. The summed E-state index contributed by atoms with van der Waals surface area (Å²) in [6.07, 6.45) is 2.19. The first-order chi connectivity index (χ1) is 15.4. The minimum Gasteiger partial charge on any atom is -0.392 e. The van der Waals surface area contributed by atoms with Crippen LogP contribution in [0.5, 0.6) is 0 Å². The third-order valence-electron chi connectivity index (χ3n) is 7.09. The molecule has 2 saturated heterocycles. The summed E-state index contributed by atoms with van der Waals surface area (Å²) in [5, 5.41) is 16.5. The number of imide groups is 1. The standard InChI is InChI=1S/C25H27N3O4/c1-3-4-7-15-10-12-16(13-11-15)28-22(30)19-20(23(28)31)25(27-21(19)14(2)29)17-8-5-6-9-18(17)26-24(25)32/h5-6,8-14,19-21,27,29H,3-4,7H2,1-2H3,(H,26,32)/t14?,19-,20-,21-,25-/m0/s1. The highest BCUT2D eigenvalue weighted by Crippen LogP contribution is 2.53. The molecule has 5 rings (SSSR count). The maximum atomic E-state index is 13.7. The van der Waals surface area contributed by atoms with Gasteiger partial charge >= 0.3 is 0 Å². The smallest absolute Gasteiger partial charge is 0.250 e. The lowest BCUT2D eigenvalue weighted by Gasteiger charge is -2.30. The maximum absolute atomic E-state index is 13.7. The van der Waals surface area contributed by atoms with Gasteiger partial charge in [-0.25, -0.2) is 4.90 Å². The summed E-state index contributed by atoms with van der Waals surface area (Å²) in [6.45, 7) is 3.71. The van der Waals surface area contributed by atoms with Gasteiger partial charge in [-0.1, -0.05) is 43.7 Å². The molecule has 2 aromatic carbocycles. The van der Waals surface area contributed by atoms with Crippen molar-refractivity contribution in [1.82, 2.24) is 5.32 Å². The van der Waals surface area contributed by atoms with Crippen LogP contribution in [0.4, 0.5) is 11.4 Å². The molecule has 0 saturated carbocycles. The topological polar surface area (TPSA) is 98.7 Å². The SMILES string of the molecule is CCCCc1ccc(N2C(=O)[C@H]3[C@@H](C2=O)[C@]2(N[C@H]3C(C)O)C(=O)Nc3ccccc32)cc1. The van der Waals surface area contributed by atoms with Crippen molar-refractivity contribution in [3.8, 4) is 0 Å². The van der Waals surface area contributed by atoms with Gasteiger partial charge in [0.1, 0.15) is 5.54 Å². The summed E-state index contributed by atoms with van der Waals surface area (Å²) in [7, 11) is 0. The summed E-state index contributed by atoms with van der Waals surface area (Å²) in [5.74, 6) is -2.93. The molecular weight excluding hydrogens is 406 g/mol. The second-order valence-corrected chi connectivity index (χ2v) is 9.00. The van der Waals surface area contributed by atoms with E-state index in [0.717, 1.165) is 24.8 Å². The number of unbranched alkanes of at least 4 members (excludes halogenated alkanes) is 1. The number of carbonyl (C=O) groups excluding carboxylic acids is 3. The van der Waals surface area contributed by atoms with Crippen molar-refractivity contribution in [1.29, 1.82) is 0 Å². The zero-order valence-electron chi connectivity index (χ0n) is 18.2. The van der Waals surface area contributed by atoms with E-state index in [4.69, 9.17) is 0 Å². The predicted octanol–water partition coefficient (Wildman–Crippen LogP) is 2.33. The zero-order valence-corrected chi connectivity index (χ0v) is 18.2. The maximum Gasteiger partial charge on any atom is 0.250 e. The molecule has 3 amide bonds. The van der Waals surface area contributed by atoms with Crippen LogP contribution >= 0.6 is 0 Å². The first-order valence-corrected chi connectivity index (χ1v) is 11.2. The summed E-state index contributed by atoms with van der Waals surface area (Å²) < 4.78 is 0. The Hall–Kier alpha value is -3.03. The molecule has 1 spiro atoms. The normalized spacial score (nSPS) is 29.4. The van der Waals surface area contributed by atoms with Crippen molar-refractivity contribution in [2.45, 2.75) is 50.8 Å². The predicted molar refractivity (Wildman–Crippen MR) is 120 cm³/mol. The number of aryl methyl sites for hydroxylation is 1. The van der Waals surface area contributed by atoms with E-state index in [0.29, 0.717) is 16.9 Å². The molecule has 0 aromatic heterocycles. The Balaban J connectivity index is 1.58. The fourth-order valence-electron chi connectivity index (χ4n) is 5.55. The third kappa shape index (κ3) is 2.77. The Labute approximate surface area is 186 Å². The number of anilines is 2. The Morgan fingerprint density at radius 3 is 2.47 bits per heavy atom. The molecule has 0 bridgehead atoms.